The monoisotopic (exact) mass is 253 g/mol. The fourth-order valence-corrected chi connectivity index (χ4v) is 1.49. The van der Waals surface area contributed by atoms with E-state index in [0.29, 0.717) is 12.2 Å². The van der Waals surface area contributed by atoms with Gasteiger partial charge in [-0.25, -0.2) is 0 Å². The van der Waals surface area contributed by atoms with E-state index < -0.39 is 16.3 Å². The molecule has 0 fully saturated rings. The zero-order chi connectivity index (χ0) is 13.8. The molecule has 0 unspecified atom stereocenters. The second kappa shape index (κ2) is 5.44. The van der Waals surface area contributed by atoms with E-state index in [9.17, 15) is 14.9 Å². The van der Waals surface area contributed by atoms with Crippen molar-refractivity contribution in [3.63, 3.8) is 0 Å². The van der Waals surface area contributed by atoms with Gasteiger partial charge in [-0.2, -0.15) is 0 Å². The van der Waals surface area contributed by atoms with Crippen molar-refractivity contribution >= 4 is 17.3 Å². The van der Waals surface area contributed by atoms with Crippen molar-refractivity contribution in [1.29, 1.82) is 0 Å². The van der Waals surface area contributed by atoms with Gasteiger partial charge in [0.15, 0.2) is 0 Å². The first-order chi connectivity index (χ1) is 8.32. The number of aliphatic carboxylic acids is 1. The Balaban J connectivity index is 2.74. The maximum Gasteiger partial charge on any atom is 0.310 e. The van der Waals surface area contributed by atoms with Crippen LogP contribution in [0.5, 0.6) is 0 Å². The standard InChI is InChI=1S/C11H15N3O4/c1-11(2,5-10(15)16)7-13-8-3-4-12-6-9(8)14(17)18/h3-4,6H,5,7H2,1-2H3,(H,12,13)(H,15,16). The molecule has 0 spiro atoms. The maximum atomic E-state index is 10.8. The summed E-state index contributed by atoms with van der Waals surface area (Å²) in [5, 5.41) is 22.4. The number of pyridine rings is 1. The molecule has 0 saturated heterocycles. The second-order valence-electron chi connectivity index (χ2n) is 4.74. The zero-order valence-corrected chi connectivity index (χ0v) is 10.2. The Bertz CT molecular complexity index is 459. The predicted octanol–water partition coefficient (Wildman–Crippen LogP) is 1.90. The van der Waals surface area contributed by atoms with Gasteiger partial charge in [0.25, 0.3) is 0 Å². The van der Waals surface area contributed by atoms with Crippen LogP contribution in [0.2, 0.25) is 0 Å². The topological polar surface area (TPSA) is 105 Å². The molecule has 0 aliphatic rings. The third kappa shape index (κ3) is 4.00. The molecule has 1 aromatic heterocycles. The number of nitrogens with zero attached hydrogens (tertiary/aromatic N) is 2. The van der Waals surface area contributed by atoms with E-state index in [2.05, 4.69) is 10.3 Å². The largest absolute Gasteiger partial charge is 0.481 e. The van der Waals surface area contributed by atoms with Gasteiger partial charge in [-0.05, 0) is 11.5 Å². The van der Waals surface area contributed by atoms with Gasteiger partial charge >= 0.3 is 11.7 Å². The number of aromatic nitrogens is 1. The Kier molecular flexibility index (Phi) is 4.19. The number of hydrogen-bond donors (Lipinski definition) is 2. The van der Waals surface area contributed by atoms with E-state index in [1.165, 1.54) is 12.3 Å². The van der Waals surface area contributed by atoms with Crippen molar-refractivity contribution in [3.05, 3.63) is 28.6 Å². The summed E-state index contributed by atoms with van der Waals surface area (Å²) >= 11 is 0. The van der Waals surface area contributed by atoms with E-state index in [4.69, 9.17) is 5.11 Å². The average molecular weight is 253 g/mol. The number of nitrogens with one attached hydrogen (secondary N) is 1. The lowest BCUT2D eigenvalue weighted by atomic mass is 9.89. The third-order valence-electron chi connectivity index (χ3n) is 2.38. The van der Waals surface area contributed by atoms with Crippen LogP contribution in [0.3, 0.4) is 0 Å². The summed E-state index contributed by atoms with van der Waals surface area (Å²) in [6.45, 7) is 3.88. The molecule has 0 atom stereocenters. The second-order valence-corrected chi connectivity index (χ2v) is 4.74. The number of rotatable bonds is 6. The minimum absolute atomic E-state index is 0.0150. The van der Waals surface area contributed by atoms with Crippen LogP contribution in [-0.2, 0) is 4.79 Å². The Morgan fingerprint density at radius 1 is 1.61 bits per heavy atom. The van der Waals surface area contributed by atoms with Crippen LogP contribution in [0.25, 0.3) is 0 Å². The number of carboxylic acids is 1. The number of carboxylic acid groups (broad SMARTS) is 1. The molecule has 1 rings (SSSR count). The first kappa shape index (κ1) is 13.9. The van der Waals surface area contributed by atoms with Crippen molar-refractivity contribution in [2.24, 2.45) is 5.41 Å². The van der Waals surface area contributed by atoms with Crippen molar-refractivity contribution in [2.45, 2.75) is 20.3 Å². The molecule has 1 aromatic rings. The predicted molar refractivity (Wildman–Crippen MR) is 65.4 cm³/mol. The maximum absolute atomic E-state index is 10.8. The van der Waals surface area contributed by atoms with Crippen LogP contribution in [0.1, 0.15) is 20.3 Å². The van der Waals surface area contributed by atoms with E-state index >= 15 is 0 Å². The summed E-state index contributed by atoms with van der Waals surface area (Å²) in [5.74, 6) is -0.897. The molecule has 1 heterocycles. The van der Waals surface area contributed by atoms with Gasteiger partial charge in [0.2, 0.25) is 0 Å². The summed E-state index contributed by atoms with van der Waals surface area (Å²) in [5.41, 5.74) is -0.278. The summed E-state index contributed by atoms with van der Waals surface area (Å²) < 4.78 is 0. The van der Waals surface area contributed by atoms with Gasteiger partial charge < -0.3 is 10.4 Å². The smallest absolute Gasteiger partial charge is 0.310 e. The highest BCUT2D eigenvalue weighted by Gasteiger charge is 2.23. The van der Waals surface area contributed by atoms with Gasteiger partial charge in [0.1, 0.15) is 11.9 Å². The molecule has 0 amide bonds. The Morgan fingerprint density at radius 3 is 2.83 bits per heavy atom. The highest BCUT2D eigenvalue weighted by atomic mass is 16.6. The van der Waals surface area contributed by atoms with Gasteiger partial charge in [0, 0.05) is 12.7 Å². The normalized spacial score (nSPS) is 11.0. The van der Waals surface area contributed by atoms with E-state index in [0.717, 1.165) is 6.20 Å². The van der Waals surface area contributed by atoms with Crippen molar-refractivity contribution in [3.8, 4) is 0 Å². The van der Waals surface area contributed by atoms with Crippen LogP contribution in [0, 0.1) is 15.5 Å². The summed E-state index contributed by atoms with van der Waals surface area (Å²) in [6, 6.07) is 1.50. The summed E-state index contributed by atoms with van der Waals surface area (Å²) in [4.78, 5) is 24.6. The average Bonchev–Trinajstić information content (AvgIpc) is 2.25. The van der Waals surface area contributed by atoms with E-state index in [1.807, 2.05) is 0 Å². The minimum atomic E-state index is -0.897. The zero-order valence-electron chi connectivity index (χ0n) is 10.2. The van der Waals surface area contributed by atoms with Gasteiger partial charge in [0.05, 0.1) is 11.3 Å². The quantitative estimate of drug-likeness (QED) is 0.592. The molecule has 7 nitrogen and oxygen atoms in total. The lowest BCUT2D eigenvalue weighted by molar-refractivity contribution is -0.384. The van der Waals surface area contributed by atoms with Crippen LogP contribution < -0.4 is 5.32 Å². The number of anilines is 1. The first-order valence-electron chi connectivity index (χ1n) is 5.36. The van der Waals surface area contributed by atoms with Crippen LogP contribution in [-0.4, -0.2) is 27.5 Å². The highest BCUT2D eigenvalue weighted by Crippen LogP contribution is 2.25. The lowest BCUT2D eigenvalue weighted by Crippen LogP contribution is -2.26. The van der Waals surface area contributed by atoms with E-state index in [1.54, 1.807) is 13.8 Å². The molecule has 0 aliphatic carbocycles. The van der Waals surface area contributed by atoms with Crippen LogP contribution >= 0.6 is 0 Å². The molecule has 0 bridgehead atoms. The van der Waals surface area contributed by atoms with E-state index in [-0.39, 0.29) is 12.1 Å². The van der Waals surface area contributed by atoms with Crippen LogP contribution in [0.4, 0.5) is 11.4 Å². The highest BCUT2D eigenvalue weighted by molar-refractivity contribution is 5.68. The Hall–Kier alpha value is -2.18. The molecule has 0 aromatic carbocycles. The fraction of sp³-hybridized carbons (Fsp3) is 0.455. The third-order valence-corrected chi connectivity index (χ3v) is 2.38. The first-order valence-corrected chi connectivity index (χ1v) is 5.36. The Labute approximate surface area is 104 Å². The van der Waals surface area contributed by atoms with Crippen LogP contribution in [0.15, 0.2) is 18.5 Å². The van der Waals surface area contributed by atoms with Gasteiger partial charge in [-0.3, -0.25) is 19.9 Å². The van der Waals surface area contributed by atoms with Crippen molar-refractivity contribution in [2.75, 3.05) is 11.9 Å². The summed E-state index contributed by atoms with van der Waals surface area (Å²) in [6.07, 6.45) is 2.59. The SMILES string of the molecule is CC(C)(CNc1ccncc1[N+](=O)[O-])CC(=O)O. The molecule has 98 valence electrons. The minimum Gasteiger partial charge on any atom is -0.481 e. The molecule has 18 heavy (non-hydrogen) atoms. The fourth-order valence-electron chi connectivity index (χ4n) is 1.49. The molecular formula is C11H15N3O4. The lowest BCUT2D eigenvalue weighted by Gasteiger charge is -2.23. The Morgan fingerprint density at radius 2 is 2.28 bits per heavy atom. The molecule has 0 radical (unpaired) electrons. The van der Waals surface area contributed by atoms with Gasteiger partial charge in [-0.15, -0.1) is 0 Å². The molecular weight excluding hydrogens is 238 g/mol. The summed E-state index contributed by atoms with van der Waals surface area (Å²) in [7, 11) is 0. The van der Waals surface area contributed by atoms with Crippen molar-refractivity contribution < 1.29 is 14.8 Å². The van der Waals surface area contributed by atoms with Gasteiger partial charge in [-0.1, -0.05) is 13.8 Å². The molecule has 0 saturated carbocycles. The molecule has 2 N–H and O–H groups in total. The number of hydrogen-bond acceptors (Lipinski definition) is 5. The van der Waals surface area contributed by atoms with Crippen molar-refractivity contribution in [1.82, 2.24) is 4.98 Å². The number of carbonyl (C=O) groups is 1. The number of nitro groups is 1. The molecule has 7 heteroatoms. The molecule has 0 aliphatic heterocycles.